The number of hydrogen-bond acceptors (Lipinski definition) is 4. The fourth-order valence-corrected chi connectivity index (χ4v) is 4.94. The molecule has 5 nitrogen and oxygen atoms in total. The van der Waals surface area contributed by atoms with Gasteiger partial charge in [-0.05, 0) is 48.2 Å². The molecule has 2 aliphatic rings. The zero-order valence-corrected chi connectivity index (χ0v) is 18.2. The van der Waals surface area contributed by atoms with Crippen molar-refractivity contribution in [1.82, 2.24) is 14.8 Å². The van der Waals surface area contributed by atoms with E-state index >= 15 is 0 Å². The Bertz CT molecular complexity index is 1000. The average molecular weight is 428 g/mol. The van der Waals surface area contributed by atoms with Crippen LogP contribution < -0.4 is 4.74 Å². The maximum atomic E-state index is 12.8. The van der Waals surface area contributed by atoms with Crippen molar-refractivity contribution in [2.45, 2.75) is 37.5 Å². The first-order chi connectivity index (χ1) is 15.8. The minimum atomic E-state index is 0.123. The molecule has 2 atom stereocenters. The molecule has 0 bridgehead atoms. The molecule has 2 unspecified atom stereocenters. The van der Waals surface area contributed by atoms with Crippen LogP contribution in [0.4, 0.5) is 0 Å². The molecular formula is C27H29N3O2. The molecule has 3 heterocycles. The van der Waals surface area contributed by atoms with Gasteiger partial charge in [-0.2, -0.15) is 0 Å². The number of nitrogens with zero attached hydrogens (tertiary/aromatic N) is 3. The molecule has 0 saturated carbocycles. The second kappa shape index (κ2) is 9.53. The summed E-state index contributed by atoms with van der Waals surface area (Å²) in [4.78, 5) is 21.5. The highest BCUT2D eigenvalue weighted by Crippen LogP contribution is 2.40. The zero-order valence-electron chi connectivity index (χ0n) is 18.2. The minimum Gasteiger partial charge on any atom is -0.487 e. The van der Waals surface area contributed by atoms with Gasteiger partial charge in [-0.15, -0.1) is 0 Å². The van der Waals surface area contributed by atoms with E-state index in [4.69, 9.17) is 4.74 Å². The van der Waals surface area contributed by atoms with E-state index in [0.717, 1.165) is 43.8 Å². The van der Waals surface area contributed by atoms with Gasteiger partial charge in [0.2, 0.25) is 5.91 Å². The summed E-state index contributed by atoms with van der Waals surface area (Å²) in [5, 5.41) is 0. The summed E-state index contributed by atoms with van der Waals surface area (Å²) in [6.45, 7) is 2.55. The van der Waals surface area contributed by atoms with Crippen molar-refractivity contribution in [2.75, 3.05) is 19.6 Å². The molecule has 3 aromatic rings. The molecule has 32 heavy (non-hydrogen) atoms. The number of hydrogen-bond donors (Lipinski definition) is 0. The number of likely N-dealkylation sites (tertiary alicyclic amines) is 2. The topological polar surface area (TPSA) is 45.7 Å². The Kier molecular flexibility index (Phi) is 6.17. The normalized spacial score (nSPS) is 21.7. The highest BCUT2D eigenvalue weighted by molar-refractivity contribution is 5.78. The van der Waals surface area contributed by atoms with Crippen LogP contribution in [0, 0.1) is 0 Å². The highest BCUT2D eigenvalue weighted by Gasteiger charge is 2.45. The molecule has 2 aromatic carbocycles. The third-order valence-electron chi connectivity index (χ3n) is 6.66. The Labute approximate surface area is 189 Å². The van der Waals surface area contributed by atoms with E-state index < -0.39 is 0 Å². The third kappa shape index (κ3) is 4.53. The van der Waals surface area contributed by atoms with Crippen LogP contribution in [0.15, 0.2) is 85.2 Å². The first-order valence-corrected chi connectivity index (χ1v) is 11.5. The van der Waals surface area contributed by atoms with Gasteiger partial charge in [0.25, 0.3) is 0 Å². The van der Waals surface area contributed by atoms with Crippen molar-refractivity contribution in [3.05, 3.63) is 96.3 Å². The summed E-state index contributed by atoms with van der Waals surface area (Å²) in [5.74, 6) is 1.15. The standard InChI is InChI=1S/C27H29N3O2/c31-26(19-21-7-3-1-4-8-21)29-17-13-23(14-18-29)30-20-25(32-24-9-5-2-6-10-24)27(30)22-11-15-28-16-12-22/h1-12,15-16,23,25,27H,13-14,17-20H2. The van der Waals surface area contributed by atoms with Crippen molar-refractivity contribution < 1.29 is 9.53 Å². The predicted molar refractivity (Wildman–Crippen MR) is 124 cm³/mol. The lowest BCUT2D eigenvalue weighted by molar-refractivity contribution is -0.134. The molecule has 1 amide bonds. The fraction of sp³-hybridized carbons (Fsp3) is 0.333. The third-order valence-corrected chi connectivity index (χ3v) is 6.66. The number of ether oxygens (including phenoxy) is 1. The van der Waals surface area contributed by atoms with Gasteiger partial charge in [-0.1, -0.05) is 48.5 Å². The summed E-state index contributed by atoms with van der Waals surface area (Å²) < 4.78 is 6.34. The number of piperidine rings is 1. The lowest BCUT2D eigenvalue weighted by Crippen LogP contribution is -2.61. The number of benzene rings is 2. The number of para-hydroxylation sites is 1. The van der Waals surface area contributed by atoms with Crippen LogP contribution >= 0.6 is 0 Å². The summed E-state index contributed by atoms with van der Waals surface area (Å²) in [7, 11) is 0. The van der Waals surface area contributed by atoms with E-state index in [9.17, 15) is 4.79 Å². The molecule has 0 N–H and O–H groups in total. The van der Waals surface area contributed by atoms with Crippen molar-refractivity contribution in [3.8, 4) is 5.75 Å². The Hall–Kier alpha value is -3.18. The Morgan fingerprint density at radius 3 is 2.25 bits per heavy atom. The summed E-state index contributed by atoms with van der Waals surface area (Å²) in [6.07, 6.45) is 6.33. The molecule has 2 fully saturated rings. The average Bonchev–Trinajstić information content (AvgIpc) is 2.84. The van der Waals surface area contributed by atoms with Crippen LogP contribution in [-0.2, 0) is 11.2 Å². The van der Waals surface area contributed by atoms with Crippen molar-refractivity contribution in [3.63, 3.8) is 0 Å². The fourth-order valence-electron chi connectivity index (χ4n) is 4.94. The van der Waals surface area contributed by atoms with Crippen LogP contribution in [0.25, 0.3) is 0 Å². The molecular weight excluding hydrogens is 398 g/mol. The van der Waals surface area contributed by atoms with Crippen molar-refractivity contribution in [2.24, 2.45) is 0 Å². The Balaban J connectivity index is 1.22. The number of rotatable bonds is 6. The number of pyridine rings is 1. The first-order valence-electron chi connectivity index (χ1n) is 11.5. The van der Waals surface area contributed by atoms with Gasteiger partial charge in [0.1, 0.15) is 11.9 Å². The molecule has 0 spiro atoms. The lowest BCUT2D eigenvalue weighted by Gasteiger charge is -2.53. The second-order valence-corrected chi connectivity index (χ2v) is 8.67. The highest BCUT2D eigenvalue weighted by atomic mass is 16.5. The smallest absolute Gasteiger partial charge is 0.226 e. The maximum Gasteiger partial charge on any atom is 0.226 e. The maximum absolute atomic E-state index is 12.8. The van der Waals surface area contributed by atoms with Crippen LogP contribution in [0.2, 0.25) is 0 Å². The first kappa shape index (κ1) is 20.7. The molecule has 0 radical (unpaired) electrons. The van der Waals surface area contributed by atoms with Gasteiger partial charge in [0, 0.05) is 38.1 Å². The number of carbonyl (C=O) groups is 1. The van der Waals surface area contributed by atoms with Crippen molar-refractivity contribution in [1.29, 1.82) is 0 Å². The quantitative estimate of drug-likeness (QED) is 0.594. The number of aromatic nitrogens is 1. The van der Waals surface area contributed by atoms with E-state index in [1.807, 2.05) is 78.0 Å². The zero-order chi connectivity index (χ0) is 21.8. The van der Waals surface area contributed by atoms with E-state index in [0.29, 0.717) is 12.5 Å². The van der Waals surface area contributed by atoms with Gasteiger partial charge in [-0.25, -0.2) is 0 Å². The Morgan fingerprint density at radius 2 is 1.56 bits per heavy atom. The van der Waals surface area contributed by atoms with Gasteiger partial charge in [0.15, 0.2) is 0 Å². The summed E-state index contributed by atoms with van der Waals surface area (Å²) in [6, 6.07) is 24.9. The summed E-state index contributed by atoms with van der Waals surface area (Å²) in [5.41, 5.74) is 2.33. The van der Waals surface area contributed by atoms with Crippen LogP contribution in [0.3, 0.4) is 0 Å². The predicted octanol–water partition coefficient (Wildman–Crippen LogP) is 4.12. The van der Waals surface area contributed by atoms with Gasteiger partial charge in [0.05, 0.1) is 12.5 Å². The number of amides is 1. The lowest BCUT2D eigenvalue weighted by atomic mass is 9.87. The molecule has 5 rings (SSSR count). The monoisotopic (exact) mass is 427 g/mol. The molecule has 164 valence electrons. The van der Waals surface area contributed by atoms with E-state index in [1.165, 1.54) is 5.56 Å². The molecule has 2 saturated heterocycles. The van der Waals surface area contributed by atoms with Crippen LogP contribution in [0.1, 0.15) is 30.0 Å². The number of carbonyl (C=O) groups excluding carboxylic acids is 1. The summed E-state index contributed by atoms with van der Waals surface area (Å²) >= 11 is 0. The Morgan fingerprint density at radius 1 is 0.906 bits per heavy atom. The minimum absolute atomic E-state index is 0.123. The molecule has 2 aliphatic heterocycles. The van der Waals surface area contributed by atoms with Gasteiger partial charge >= 0.3 is 0 Å². The van der Waals surface area contributed by atoms with Gasteiger partial charge in [-0.3, -0.25) is 14.7 Å². The van der Waals surface area contributed by atoms with Crippen LogP contribution in [0.5, 0.6) is 5.75 Å². The molecule has 5 heteroatoms. The van der Waals surface area contributed by atoms with Crippen molar-refractivity contribution >= 4 is 5.91 Å². The van der Waals surface area contributed by atoms with E-state index in [1.54, 1.807) is 0 Å². The van der Waals surface area contributed by atoms with E-state index in [-0.39, 0.29) is 18.1 Å². The van der Waals surface area contributed by atoms with Crippen LogP contribution in [-0.4, -0.2) is 52.5 Å². The second-order valence-electron chi connectivity index (χ2n) is 8.67. The van der Waals surface area contributed by atoms with E-state index in [2.05, 4.69) is 22.0 Å². The molecule has 0 aliphatic carbocycles. The van der Waals surface area contributed by atoms with Gasteiger partial charge < -0.3 is 9.64 Å². The SMILES string of the molecule is O=C(Cc1ccccc1)N1CCC(N2CC(Oc3ccccc3)C2c2ccncc2)CC1. The largest absolute Gasteiger partial charge is 0.487 e. The molecule has 1 aromatic heterocycles.